The molecule has 0 atom stereocenters. The van der Waals surface area contributed by atoms with Crippen LogP contribution in [-0.2, 0) is 0 Å². The lowest BCUT2D eigenvalue weighted by molar-refractivity contribution is 0.151. The summed E-state index contributed by atoms with van der Waals surface area (Å²) in [6.45, 7) is 0. The number of hydrogen-bond acceptors (Lipinski definition) is 0. The molecule has 1 aromatic heterocycles. The van der Waals surface area contributed by atoms with E-state index in [1.165, 1.54) is 12.1 Å². The molecule has 1 nitrogen and oxygen atoms in total. The van der Waals surface area contributed by atoms with Crippen LogP contribution >= 0.6 is 0 Å². The third kappa shape index (κ3) is 1.07. The maximum atomic E-state index is 12.2. The minimum Gasteiger partial charge on any atom is -0.361 e. The normalized spacial score (nSPS) is 11.2. The van der Waals surface area contributed by atoms with Crippen LogP contribution in [0.4, 0.5) is 8.78 Å². The van der Waals surface area contributed by atoms with Crippen molar-refractivity contribution in [1.29, 1.82) is 0 Å². The van der Waals surface area contributed by atoms with Crippen LogP contribution in [0.15, 0.2) is 30.5 Å². The SMILES string of the molecule is FC(F)c1ccc2cc[nH]c2c1. The number of hydrogen-bond donors (Lipinski definition) is 1. The third-order valence-corrected chi connectivity index (χ3v) is 1.83. The lowest BCUT2D eigenvalue weighted by Crippen LogP contribution is -1.82. The average molecular weight is 167 g/mol. The zero-order valence-electron chi connectivity index (χ0n) is 6.22. The number of H-pyrrole nitrogens is 1. The number of aromatic amines is 1. The molecule has 0 saturated carbocycles. The molecular weight excluding hydrogens is 160 g/mol. The number of halogens is 2. The average Bonchev–Trinajstić information content (AvgIpc) is 2.49. The van der Waals surface area contributed by atoms with E-state index in [1.54, 1.807) is 12.3 Å². The summed E-state index contributed by atoms with van der Waals surface area (Å²) >= 11 is 0. The molecule has 3 heteroatoms. The predicted octanol–water partition coefficient (Wildman–Crippen LogP) is 3.11. The largest absolute Gasteiger partial charge is 0.361 e. The molecule has 0 aliphatic heterocycles. The molecule has 12 heavy (non-hydrogen) atoms. The molecule has 0 aliphatic rings. The molecule has 1 N–H and O–H groups in total. The second-order valence-electron chi connectivity index (χ2n) is 2.63. The number of fused-ring (bicyclic) bond motifs is 1. The van der Waals surface area contributed by atoms with Crippen molar-refractivity contribution in [2.45, 2.75) is 6.43 Å². The van der Waals surface area contributed by atoms with Crippen molar-refractivity contribution in [3.05, 3.63) is 36.0 Å². The maximum Gasteiger partial charge on any atom is 0.263 e. The van der Waals surface area contributed by atoms with Gasteiger partial charge in [-0.1, -0.05) is 12.1 Å². The summed E-state index contributed by atoms with van der Waals surface area (Å²) in [4.78, 5) is 2.88. The van der Waals surface area contributed by atoms with Crippen LogP contribution in [0.1, 0.15) is 12.0 Å². The number of rotatable bonds is 1. The fourth-order valence-electron chi connectivity index (χ4n) is 1.20. The Hall–Kier alpha value is -1.38. The molecule has 0 spiro atoms. The van der Waals surface area contributed by atoms with Crippen LogP contribution < -0.4 is 0 Å². The highest BCUT2D eigenvalue weighted by molar-refractivity contribution is 5.79. The molecule has 0 amide bonds. The summed E-state index contributed by atoms with van der Waals surface area (Å²) in [6.07, 6.45) is -0.655. The van der Waals surface area contributed by atoms with Gasteiger partial charge in [0.2, 0.25) is 0 Å². The first-order valence-corrected chi connectivity index (χ1v) is 3.62. The van der Waals surface area contributed by atoms with Gasteiger partial charge in [-0.25, -0.2) is 8.78 Å². The van der Waals surface area contributed by atoms with Crippen molar-refractivity contribution < 1.29 is 8.78 Å². The van der Waals surface area contributed by atoms with E-state index in [2.05, 4.69) is 4.98 Å². The van der Waals surface area contributed by atoms with Gasteiger partial charge in [0, 0.05) is 17.3 Å². The summed E-state index contributed by atoms with van der Waals surface area (Å²) in [5.74, 6) is 0. The van der Waals surface area contributed by atoms with Gasteiger partial charge in [-0.2, -0.15) is 0 Å². The van der Waals surface area contributed by atoms with Gasteiger partial charge >= 0.3 is 0 Å². The van der Waals surface area contributed by atoms with Crippen LogP contribution in [0.5, 0.6) is 0 Å². The second kappa shape index (κ2) is 2.59. The van der Waals surface area contributed by atoms with Gasteiger partial charge in [-0.05, 0) is 17.5 Å². The zero-order chi connectivity index (χ0) is 8.55. The first-order valence-electron chi connectivity index (χ1n) is 3.62. The molecule has 0 aliphatic carbocycles. The maximum absolute atomic E-state index is 12.2. The highest BCUT2D eigenvalue weighted by Crippen LogP contribution is 2.22. The minimum atomic E-state index is -2.39. The Morgan fingerprint density at radius 1 is 1.17 bits per heavy atom. The molecule has 2 rings (SSSR count). The number of benzene rings is 1. The summed E-state index contributed by atoms with van der Waals surface area (Å²) < 4.78 is 24.4. The Labute approximate surface area is 68.0 Å². The van der Waals surface area contributed by atoms with E-state index in [1.807, 2.05) is 6.07 Å². The molecule has 0 unspecified atom stereocenters. The third-order valence-electron chi connectivity index (χ3n) is 1.83. The van der Waals surface area contributed by atoms with Crippen LogP contribution in [0.3, 0.4) is 0 Å². The number of alkyl halides is 2. The van der Waals surface area contributed by atoms with Gasteiger partial charge in [-0.3, -0.25) is 0 Å². The zero-order valence-corrected chi connectivity index (χ0v) is 6.22. The van der Waals surface area contributed by atoms with Gasteiger partial charge in [-0.15, -0.1) is 0 Å². The van der Waals surface area contributed by atoms with E-state index in [9.17, 15) is 8.78 Å². The van der Waals surface area contributed by atoms with Crippen molar-refractivity contribution in [2.75, 3.05) is 0 Å². The lowest BCUT2D eigenvalue weighted by atomic mass is 10.2. The summed E-state index contributed by atoms with van der Waals surface area (Å²) in [5, 5.41) is 0.958. The highest BCUT2D eigenvalue weighted by Gasteiger charge is 2.06. The smallest absolute Gasteiger partial charge is 0.263 e. The molecule has 0 radical (unpaired) electrons. The Morgan fingerprint density at radius 3 is 2.75 bits per heavy atom. The number of aromatic nitrogens is 1. The van der Waals surface area contributed by atoms with Gasteiger partial charge in [0.15, 0.2) is 0 Å². The molecule has 1 aromatic carbocycles. The molecule has 1 heterocycles. The van der Waals surface area contributed by atoms with E-state index < -0.39 is 6.43 Å². The standard InChI is InChI=1S/C9H7F2N/c10-9(11)7-2-1-6-3-4-12-8(6)5-7/h1-5,9,12H. The summed E-state index contributed by atoms with van der Waals surface area (Å²) in [5.41, 5.74) is 0.817. The van der Waals surface area contributed by atoms with Crippen molar-refractivity contribution in [3.63, 3.8) is 0 Å². The van der Waals surface area contributed by atoms with E-state index in [4.69, 9.17) is 0 Å². The van der Waals surface area contributed by atoms with Crippen LogP contribution in [0.25, 0.3) is 10.9 Å². The fraction of sp³-hybridized carbons (Fsp3) is 0.111. The summed E-state index contributed by atoms with van der Waals surface area (Å²) in [7, 11) is 0. The Kier molecular flexibility index (Phi) is 1.57. The topological polar surface area (TPSA) is 15.8 Å². The molecule has 2 aromatic rings. The Balaban J connectivity index is 2.60. The molecule has 0 bridgehead atoms. The monoisotopic (exact) mass is 167 g/mol. The van der Waals surface area contributed by atoms with Gasteiger partial charge in [0.05, 0.1) is 0 Å². The quantitative estimate of drug-likeness (QED) is 0.671. The minimum absolute atomic E-state index is 0.0601. The van der Waals surface area contributed by atoms with Crippen molar-refractivity contribution in [2.24, 2.45) is 0 Å². The second-order valence-corrected chi connectivity index (χ2v) is 2.63. The highest BCUT2D eigenvalue weighted by atomic mass is 19.3. The molecule has 62 valence electrons. The first-order chi connectivity index (χ1) is 5.77. The first kappa shape index (κ1) is 7.28. The van der Waals surface area contributed by atoms with E-state index in [0.29, 0.717) is 0 Å². The van der Waals surface area contributed by atoms with Crippen molar-refractivity contribution in [1.82, 2.24) is 4.98 Å². The van der Waals surface area contributed by atoms with E-state index in [-0.39, 0.29) is 5.56 Å². The molecule has 0 fully saturated rings. The summed E-state index contributed by atoms with van der Waals surface area (Å²) in [6, 6.07) is 6.46. The van der Waals surface area contributed by atoms with Gasteiger partial charge in [0.25, 0.3) is 6.43 Å². The number of nitrogens with one attached hydrogen (secondary N) is 1. The van der Waals surface area contributed by atoms with E-state index >= 15 is 0 Å². The fourth-order valence-corrected chi connectivity index (χ4v) is 1.20. The molecular formula is C9H7F2N. The Bertz CT molecular complexity index is 392. The molecule has 0 saturated heterocycles. The van der Waals surface area contributed by atoms with Crippen LogP contribution in [-0.4, -0.2) is 4.98 Å². The van der Waals surface area contributed by atoms with E-state index in [0.717, 1.165) is 10.9 Å². The van der Waals surface area contributed by atoms with Crippen molar-refractivity contribution in [3.8, 4) is 0 Å². The van der Waals surface area contributed by atoms with Crippen LogP contribution in [0, 0.1) is 0 Å². The van der Waals surface area contributed by atoms with Crippen LogP contribution in [0.2, 0.25) is 0 Å². The Morgan fingerprint density at radius 2 is 2.00 bits per heavy atom. The predicted molar refractivity (Wildman–Crippen MR) is 43.3 cm³/mol. The van der Waals surface area contributed by atoms with Gasteiger partial charge < -0.3 is 4.98 Å². The van der Waals surface area contributed by atoms with Crippen molar-refractivity contribution >= 4 is 10.9 Å². The lowest BCUT2D eigenvalue weighted by Gasteiger charge is -1.98. The van der Waals surface area contributed by atoms with Gasteiger partial charge in [0.1, 0.15) is 0 Å².